The molecule has 3 aromatic heterocycles. The van der Waals surface area contributed by atoms with Gasteiger partial charge in [0, 0.05) is 10.9 Å². The molecule has 0 unspecified atom stereocenters. The molecule has 0 spiro atoms. The van der Waals surface area contributed by atoms with Crippen LogP contribution in [0.4, 0.5) is 16.5 Å². The summed E-state index contributed by atoms with van der Waals surface area (Å²) in [6.07, 6.45) is 0.845. The highest BCUT2D eigenvalue weighted by Crippen LogP contribution is 2.43. The van der Waals surface area contributed by atoms with Crippen LogP contribution in [0.5, 0.6) is 0 Å². The molecule has 0 saturated heterocycles. The zero-order chi connectivity index (χ0) is 28.4. The fraction of sp³-hybridized carbons (Fsp3) is 0.222. The van der Waals surface area contributed by atoms with E-state index in [2.05, 4.69) is 16.4 Å². The maximum atomic E-state index is 13.5. The Morgan fingerprint density at radius 3 is 2.36 bits per heavy atom. The van der Waals surface area contributed by atoms with Crippen LogP contribution >= 0.6 is 22.7 Å². The molecule has 0 radical (unpaired) electrons. The van der Waals surface area contributed by atoms with Crippen LogP contribution in [0.25, 0.3) is 21.3 Å². The van der Waals surface area contributed by atoms with E-state index in [1.54, 1.807) is 13.8 Å². The number of nitriles is 1. The van der Waals surface area contributed by atoms with E-state index >= 15 is 0 Å². The quantitative estimate of drug-likeness (QED) is 0.257. The number of ether oxygens (including phenoxy) is 2. The average Bonchev–Trinajstić information content (AvgIpc) is 3.43. The number of fused-ring (bicyclic) bond motifs is 1. The number of benzene rings is 1. The molecule has 4 aromatic rings. The van der Waals surface area contributed by atoms with Crippen molar-refractivity contribution in [2.75, 3.05) is 30.5 Å². The Labute approximate surface area is 232 Å². The van der Waals surface area contributed by atoms with E-state index in [4.69, 9.17) is 20.9 Å². The molecule has 0 aliphatic carbocycles. The molecule has 3 heterocycles. The van der Waals surface area contributed by atoms with Crippen molar-refractivity contribution in [3.05, 3.63) is 56.3 Å². The Morgan fingerprint density at radius 2 is 1.77 bits per heavy atom. The third-order valence-electron chi connectivity index (χ3n) is 6.10. The highest BCUT2D eigenvalue weighted by molar-refractivity contribution is 7.22. The van der Waals surface area contributed by atoms with Crippen molar-refractivity contribution in [3.63, 3.8) is 0 Å². The molecule has 4 rings (SSSR count). The molecule has 10 nitrogen and oxygen atoms in total. The number of aromatic nitrogens is 1. The van der Waals surface area contributed by atoms with Gasteiger partial charge in [0.2, 0.25) is 0 Å². The van der Waals surface area contributed by atoms with Gasteiger partial charge in [0.15, 0.2) is 0 Å². The van der Waals surface area contributed by atoms with Gasteiger partial charge in [-0.15, -0.1) is 22.7 Å². The van der Waals surface area contributed by atoms with Gasteiger partial charge in [-0.1, -0.05) is 31.2 Å². The molecule has 0 bridgehead atoms. The number of hydrogen-bond acceptors (Lipinski definition) is 11. The predicted molar refractivity (Wildman–Crippen MR) is 152 cm³/mol. The number of nitrogens with one attached hydrogen (secondary N) is 1. The Balaban J connectivity index is 1.84. The second-order valence-electron chi connectivity index (χ2n) is 8.36. The molecule has 0 saturated carbocycles. The first kappa shape index (κ1) is 27.6. The summed E-state index contributed by atoms with van der Waals surface area (Å²) in [5.74, 6) is -1.94. The zero-order valence-corrected chi connectivity index (χ0v) is 23.3. The van der Waals surface area contributed by atoms with Gasteiger partial charge >= 0.3 is 11.9 Å². The second kappa shape index (κ2) is 11.1. The van der Waals surface area contributed by atoms with Crippen LogP contribution in [-0.4, -0.2) is 36.5 Å². The van der Waals surface area contributed by atoms with Gasteiger partial charge in [-0.25, -0.2) is 14.6 Å². The number of rotatable bonds is 7. The number of methoxy groups -OCH3 is 1. The summed E-state index contributed by atoms with van der Waals surface area (Å²) in [4.78, 5) is 43.5. The second-order valence-corrected chi connectivity index (χ2v) is 10.4. The van der Waals surface area contributed by atoms with Gasteiger partial charge in [-0.3, -0.25) is 4.79 Å². The van der Waals surface area contributed by atoms with Crippen molar-refractivity contribution in [3.8, 4) is 17.2 Å². The Morgan fingerprint density at radius 1 is 1.08 bits per heavy atom. The van der Waals surface area contributed by atoms with Crippen molar-refractivity contribution in [1.29, 1.82) is 5.26 Å². The van der Waals surface area contributed by atoms with Crippen LogP contribution in [0.15, 0.2) is 24.3 Å². The fourth-order valence-electron chi connectivity index (χ4n) is 4.15. The topological polar surface area (TPSA) is 170 Å². The molecule has 0 aliphatic rings. The number of amides is 1. The maximum absolute atomic E-state index is 13.5. The van der Waals surface area contributed by atoms with E-state index in [9.17, 15) is 19.6 Å². The van der Waals surface area contributed by atoms with E-state index in [0.29, 0.717) is 26.9 Å². The number of carbonyl (C=O) groups excluding carboxylic acids is 3. The monoisotopic (exact) mass is 563 g/mol. The normalized spacial score (nSPS) is 10.7. The summed E-state index contributed by atoms with van der Waals surface area (Å²) < 4.78 is 9.96. The number of nitrogens with zero attached hydrogens (tertiary/aromatic N) is 2. The third-order valence-corrected chi connectivity index (χ3v) is 8.38. The molecule has 0 fully saturated rings. The lowest BCUT2D eigenvalue weighted by atomic mass is 9.96. The summed E-state index contributed by atoms with van der Waals surface area (Å²) in [7, 11) is 1.20. The average molecular weight is 564 g/mol. The van der Waals surface area contributed by atoms with Crippen molar-refractivity contribution in [2.45, 2.75) is 27.2 Å². The molecule has 39 heavy (non-hydrogen) atoms. The van der Waals surface area contributed by atoms with Gasteiger partial charge in [-0.2, -0.15) is 5.26 Å². The largest absolute Gasteiger partial charge is 0.465 e. The third kappa shape index (κ3) is 4.89. The van der Waals surface area contributed by atoms with Crippen LogP contribution in [0.2, 0.25) is 0 Å². The molecule has 12 heteroatoms. The number of pyridine rings is 1. The zero-order valence-electron chi connectivity index (χ0n) is 21.6. The SMILES string of the molecule is CCOC(=O)c1sc(NC(=O)c2sc3nc(N)c(C#N)c(-c4ccc(CC)cc4)c3c2N)c(C(=O)OC)c1C. The van der Waals surface area contributed by atoms with E-state index in [0.717, 1.165) is 34.7 Å². The smallest absolute Gasteiger partial charge is 0.348 e. The van der Waals surface area contributed by atoms with Gasteiger partial charge in [-0.05, 0) is 37.0 Å². The molecule has 200 valence electrons. The van der Waals surface area contributed by atoms with E-state index in [-0.39, 0.29) is 44.0 Å². The standard InChI is InChI=1S/C27H25N5O5S2/c1-5-13-7-9-14(10-8-13)17-15(11-28)22(30)31-25-18(17)19(29)21(39-25)23(33)32-24-16(26(34)36-4)12(3)20(38-24)27(35)37-6-2/h7-10H,5-6,29H2,1-4H3,(H2,30,31)(H,32,33). The summed E-state index contributed by atoms with van der Waals surface area (Å²) >= 11 is 1.91. The van der Waals surface area contributed by atoms with Crippen LogP contribution < -0.4 is 16.8 Å². The maximum Gasteiger partial charge on any atom is 0.348 e. The number of anilines is 3. The van der Waals surface area contributed by atoms with E-state index in [1.807, 2.05) is 31.2 Å². The summed E-state index contributed by atoms with van der Waals surface area (Å²) in [6, 6.07) is 9.76. The summed E-state index contributed by atoms with van der Waals surface area (Å²) in [6.45, 7) is 5.43. The Hall–Kier alpha value is -4.47. The van der Waals surface area contributed by atoms with E-state index < -0.39 is 17.8 Å². The van der Waals surface area contributed by atoms with Crippen molar-refractivity contribution in [2.24, 2.45) is 0 Å². The van der Waals surface area contributed by atoms with Gasteiger partial charge in [0.05, 0.1) is 25.0 Å². The Kier molecular flexibility index (Phi) is 7.85. The predicted octanol–water partition coefficient (Wildman–Crippen LogP) is 5.15. The minimum Gasteiger partial charge on any atom is -0.465 e. The molecule has 1 aromatic carbocycles. The lowest BCUT2D eigenvalue weighted by Gasteiger charge is -2.10. The van der Waals surface area contributed by atoms with Crippen LogP contribution in [0.3, 0.4) is 0 Å². The minimum atomic E-state index is -0.718. The van der Waals surface area contributed by atoms with Crippen molar-refractivity contribution < 1.29 is 23.9 Å². The highest BCUT2D eigenvalue weighted by atomic mass is 32.1. The fourth-order valence-corrected chi connectivity index (χ4v) is 6.24. The number of nitrogens with two attached hydrogens (primary N) is 2. The van der Waals surface area contributed by atoms with Crippen LogP contribution in [0.1, 0.15) is 60.2 Å². The number of esters is 2. The number of hydrogen-bond donors (Lipinski definition) is 3. The number of aryl methyl sites for hydroxylation is 1. The lowest BCUT2D eigenvalue weighted by Crippen LogP contribution is -2.14. The van der Waals surface area contributed by atoms with Crippen molar-refractivity contribution >= 4 is 67.2 Å². The number of carbonyl (C=O) groups is 3. The molecular formula is C27H25N5O5S2. The minimum absolute atomic E-state index is 0.0220. The first-order valence-electron chi connectivity index (χ1n) is 11.9. The summed E-state index contributed by atoms with van der Waals surface area (Å²) in [5.41, 5.74) is 15.6. The highest BCUT2D eigenvalue weighted by Gasteiger charge is 2.29. The number of nitrogen functional groups attached to an aromatic ring is 2. The van der Waals surface area contributed by atoms with Crippen LogP contribution in [0, 0.1) is 18.3 Å². The van der Waals surface area contributed by atoms with Crippen molar-refractivity contribution in [1.82, 2.24) is 4.98 Å². The molecule has 0 atom stereocenters. The number of thiophene rings is 2. The van der Waals surface area contributed by atoms with Crippen LogP contribution in [-0.2, 0) is 15.9 Å². The first-order chi connectivity index (χ1) is 18.7. The molecule has 5 N–H and O–H groups in total. The molecule has 0 aliphatic heterocycles. The van der Waals surface area contributed by atoms with Gasteiger partial charge in [0.25, 0.3) is 5.91 Å². The molecule has 1 amide bonds. The molecular weight excluding hydrogens is 538 g/mol. The van der Waals surface area contributed by atoms with Gasteiger partial charge < -0.3 is 26.3 Å². The lowest BCUT2D eigenvalue weighted by molar-refractivity contribution is 0.0531. The van der Waals surface area contributed by atoms with Gasteiger partial charge in [0.1, 0.15) is 37.0 Å². The summed E-state index contributed by atoms with van der Waals surface area (Å²) in [5, 5.41) is 13.1. The Bertz CT molecular complexity index is 1660. The first-order valence-corrected chi connectivity index (χ1v) is 13.5. The van der Waals surface area contributed by atoms with E-state index in [1.165, 1.54) is 7.11 Å².